The van der Waals surface area contributed by atoms with Crippen molar-refractivity contribution in [3.8, 4) is 39.4 Å². The van der Waals surface area contributed by atoms with Crippen molar-refractivity contribution in [1.82, 2.24) is 4.57 Å². The minimum atomic E-state index is 0.913. The lowest BCUT2D eigenvalue weighted by Gasteiger charge is -2.22. The van der Waals surface area contributed by atoms with Gasteiger partial charge in [0.1, 0.15) is 11.5 Å². The van der Waals surface area contributed by atoms with Gasteiger partial charge in [-0.15, -0.1) is 0 Å². The monoisotopic (exact) mass is 559 g/mol. The number of hydrogen-bond acceptors (Lipinski definition) is 1. The van der Waals surface area contributed by atoms with E-state index < -0.39 is 0 Å². The minimum Gasteiger partial charge on any atom is -0.456 e. The van der Waals surface area contributed by atoms with Crippen molar-refractivity contribution in [3.05, 3.63) is 152 Å². The topological polar surface area (TPSA) is 14.2 Å². The maximum Gasteiger partial charge on any atom is 0.135 e. The molecule has 2 heterocycles. The fraction of sp³-hybridized carbons (Fsp3) is 0. The van der Waals surface area contributed by atoms with Gasteiger partial charge in [0.15, 0.2) is 0 Å². The van der Waals surface area contributed by atoms with Gasteiger partial charge in [0.25, 0.3) is 0 Å². The second-order valence-corrected chi connectivity index (χ2v) is 11.8. The Kier molecular flexibility index (Phi) is 4.75. The van der Waals surface area contributed by atoms with Crippen LogP contribution in [0, 0.1) is 0 Å². The zero-order valence-corrected chi connectivity index (χ0v) is 23.8. The first-order valence-electron chi connectivity index (χ1n) is 15.1. The SMILES string of the molecule is c1ccc2c(c1)Oc1ccc(-c3ccc(-n4c5cc6ccccc6cc5c5cc6ccccc6cc54)cc3)c3cccc-2c13. The zero-order chi connectivity index (χ0) is 28.8. The van der Waals surface area contributed by atoms with E-state index in [1.807, 2.05) is 12.1 Å². The first-order valence-corrected chi connectivity index (χ1v) is 15.1. The number of aromatic nitrogens is 1. The molecule has 44 heavy (non-hydrogen) atoms. The van der Waals surface area contributed by atoms with Gasteiger partial charge in [0.2, 0.25) is 0 Å². The normalized spacial score (nSPS) is 12.3. The molecule has 10 rings (SSSR count). The summed E-state index contributed by atoms with van der Waals surface area (Å²) in [5.41, 5.74) is 8.36. The van der Waals surface area contributed by atoms with Crippen molar-refractivity contribution in [3.63, 3.8) is 0 Å². The second-order valence-electron chi connectivity index (χ2n) is 11.8. The first-order chi connectivity index (χ1) is 21.8. The molecular formula is C42H25NO. The number of ether oxygens (including phenoxy) is 1. The van der Waals surface area contributed by atoms with E-state index in [1.54, 1.807) is 0 Å². The molecule has 1 aliphatic rings. The summed E-state index contributed by atoms with van der Waals surface area (Å²) >= 11 is 0. The number of rotatable bonds is 2. The van der Waals surface area contributed by atoms with Crippen molar-refractivity contribution < 1.29 is 4.74 Å². The van der Waals surface area contributed by atoms with Gasteiger partial charge in [-0.3, -0.25) is 0 Å². The Balaban J connectivity index is 1.18. The van der Waals surface area contributed by atoms with Crippen LogP contribution in [0.2, 0.25) is 0 Å². The van der Waals surface area contributed by atoms with Crippen LogP contribution in [0.5, 0.6) is 11.5 Å². The molecular weight excluding hydrogens is 534 g/mol. The molecule has 0 fully saturated rings. The van der Waals surface area contributed by atoms with Crippen LogP contribution in [0.3, 0.4) is 0 Å². The number of hydrogen-bond donors (Lipinski definition) is 0. The fourth-order valence-corrected chi connectivity index (χ4v) is 7.29. The van der Waals surface area contributed by atoms with Crippen LogP contribution >= 0.6 is 0 Å². The van der Waals surface area contributed by atoms with Crippen LogP contribution in [-0.4, -0.2) is 4.57 Å². The lowest BCUT2D eigenvalue weighted by Crippen LogP contribution is -1.98. The summed E-state index contributed by atoms with van der Waals surface area (Å²) < 4.78 is 8.77. The Morgan fingerprint density at radius 1 is 0.386 bits per heavy atom. The molecule has 0 N–H and O–H groups in total. The van der Waals surface area contributed by atoms with E-state index in [2.05, 4.69) is 144 Å². The summed E-state index contributed by atoms with van der Waals surface area (Å²) in [5.74, 6) is 1.83. The van der Waals surface area contributed by atoms with E-state index in [0.717, 1.165) is 22.7 Å². The number of fused-ring (bicyclic) bond motifs is 7. The van der Waals surface area contributed by atoms with Crippen LogP contribution in [-0.2, 0) is 0 Å². The molecule has 0 bridgehead atoms. The molecule has 0 aliphatic carbocycles. The Bertz CT molecular complexity index is 2530. The Hall–Kier alpha value is -5.86. The molecule has 0 spiro atoms. The lowest BCUT2D eigenvalue weighted by molar-refractivity contribution is 0.487. The van der Waals surface area contributed by atoms with E-state index in [9.17, 15) is 0 Å². The van der Waals surface area contributed by atoms with Gasteiger partial charge in [-0.25, -0.2) is 0 Å². The Labute approximate surface area is 254 Å². The largest absolute Gasteiger partial charge is 0.456 e. The highest BCUT2D eigenvalue weighted by Crippen LogP contribution is 2.48. The number of para-hydroxylation sites is 1. The van der Waals surface area contributed by atoms with Crippen molar-refractivity contribution in [2.45, 2.75) is 0 Å². The van der Waals surface area contributed by atoms with Crippen molar-refractivity contribution in [1.29, 1.82) is 0 Å². The highest BCUT2D eigenvalue weighted by molar-refractivity contribution is 6.17. The fourth-order valence-electron chi connectivity index (χ4n) is 7.29. The summed E-state index contributed by atoms with van der Waals surface area (Å²) in [6.45, 7) is 0. The maximum atomic E-state index is 6.35. The van der Waals surface area contributed by atoms with Crippen LogP contribution in [0.4, 0.5) is 0 Å². The average molecular weight is 560 g/mol. The molecule has 0 radical (unpaired) electrons. The Morgan fingerprint density at radius 3 is 1.66 bits per heavy atom. The van der Waals surface area contributed by atoms with Gasteiger partial charge in [0, 0.05) is 27.4 Å². The maximum absolute atomic E-state index is 6.35. The molecule has 0 unspecified atom stereocenters. The van der Waals surface area contributed by atoms with E-state index in [-0.39, 0.29) is 0 Å². The third-order valence-electron chi connectivity index (χ3n) is 9.34. The van der Waals surface area contributed by atoms with Gasteiger partial charge in [-0.1, -0.05) is 103 Å². The van der Waals surface area contributed by atoms with E-state index >= 15 is 0 Å². The van der Waals surface area contributed by atoms with E-state index in [0.29, 0.717) is 0 Å². The number of nitrogens with zero attached hydrogens (tertiary/aromatic N) is 1. The third-order valence-corrected chi connectivity index (χ3v) is 9.34. The van der Waals surface area contributed by atoms with Gasteiger partial charge in [-0.2, -0.15) is 0 Å². The highest BCUT2D eigenvalue weighted by atomic mass is 16.5. The molecule has 8 aromatic carbocycles. The van der Waals surface area contributed by atoms with Crippen molar-refractivity contribution in [2.75, 3.05) is 0 Å². The van der Waals surface area contributed by atoms with Gasteiger partial charge in [0.05, 0.1) is 11.0 Å². The third kappa shape index (κ3) is 3.31. The van der Waals surface area contributed by atoms with Crippen LogP contribution in [0.25, 0.3) is 82.1 Å². The molecule has 2 nitrogen and oxygen atoms in total. The van der Waals surface area contributed by atoms with E-state index in [4.69, 9.17) is 4.74 Å². The zero-order valence-electron chi connectivity index (χ0n) is 23.8. The molecule has 2 heteroatoms. The number of benzene rings is 8. The summed E-state index contributed by atoms with van der Waals surface area (Å²) in [4.78, 5) is 0. The molecule has 0 atom stereocenters. The van der Waals surface area contributed by atoms with Crippen LogP contribution in [0.1, 0.15) is 0 Å². The highest BCUT2D eigenvalue weighted by Gasteiger charge is 2.21. The molecule has 9 aromatic rings. The molecule has 1 aliphatic heterocycles. The van der Waals surface area contributed by atoms with Crippen molar-refractivity contribution >= 4 is 54.1 Å². The molecule has 0 saturated heterocycles. The van der Waals surface area contributed by atoms with Crippen LogP contribution < -0.4 is 4.74 Å². The molecule has 0 amide bonds. The average Bonchev–Trinajstić information content (AvgIpc) is 3.38. The smallest absolute Gasteiger partial charge is 0.135 e. The van der Waals surface area contributed by atoms with Gasteiger partial charge >= 0.3 is 0 Å². The quantitative estimate of drug-likeness (QED) is 0.205. The molecule has 204 valence electrons. The summed E-state index contributed by atoms with van der Waals surface area (Å²) in [5, 5.41) is 9.95. The van der Waals surface area contributed by atoms with Crippen LogP contribution in [0.15, 0.2) is 152 Å². The standard InChI is InChI=1S/C42H25NO/c1-3-10-29-24-38-36(22-27(29)8-1)37-23-28-9-2-4-11-30(28)25-39(37)43(38)31-18-16-26(17-19-31)32-20-21-41-42-34(32)13-7-14-35(42)33-12-5-6-15-40(33)44-41/h1-25H. The van der Waals surface area contributed by atoms with Gasteiger partial charge < -0.3 is 9.30 Å². The Morgan fingerprint density at radius 2 is 0.977 bits per heavy atom. The minimum absolute atomic E-state index is 0.913. The van der Waals surface area contributed by atoms with Crippen molar-refractivity contribution in [2.24, 2.45) is 0 Å². The summed E-state index contributed by atoms with van der Waals surface area (Å²) in [6.07, 6.45) is 0. The summed E-state index contributed by atoms with van der Waals surface area (Å²) in [6, 6.07) is 54.9. The molecule has 1 aromatic heterocycles. The summed E-state index contributed by atoms with van der Waals surface area (Å²) in [7, 11) is 0. The van der Waals surface area contributed by atoms with Gasteiger partial charge in [-0.05, 0) is 92.2 Å². The molecule has 0 saturated carbocycles. The predicted molar refractivity (Wildman–Crippen MR) is 184 cm³/mol. The first kappa shape index (κ1) is 23.7. The second kappa shape index (κ2) is 8.82. The predicted octanol–water partition coefficient (Wildman–Crippen LogP) is 11.7. The van der Waals surface area contributed by atoms with E-state index in [1.165, 1.54) is 70.8 Å². The lowest BCUT2D eigenvalue weighted by atomic mass is 9.90.